The average molecular weight is 348 g/mol. The molecule has 2 aliphatic heterocycles. The smallest absolute Gasteiger partial charge is 0.234 e. The average Bonchev–Trinajstić information content (AvgIpc) is 2.95. The van der Waals surface area contributed by atoms with Gasteiger partial charge in [0.05, 0.1) is 12.0 Å². The van der Waals surface area contributed by atoms with Crippen LogP contribution < -0.4 is 0 Å². The molecule has 2 aromatic rings. The van der Waals surface area contributed by atoms with Crippen LogP contribution in [0.5, 0.6) is 0 Å². The lowest BCUT2D eigenvalue weighted by molar-refractivity contribution is -0.151. The fourth-order valence-electron chi connectivity index (χ4n) is 3.75. The molecule has 2 aliphatic rings. The molecule has 2 fully saturated rings. The number of nitrogens with zero attached hydrogens (tertiary/aromatic N) is 2. The van der Waals surface area contributed by atoms with Crippen LogP contribution in [0.25, 0.3) is 0 Å². The van der Waals surface area contributed by atoms with E-state index in [1.807, 2.05) is 60.7 Å². The van der Waals surface area contributed by atoms with Gasteiger partial charge >= 0.3 is 0 Å². The van der Waals surface area contributed by atoms with Gasteiger partial charge in [0.15, 0.2) is 0 Å². The zero-order chi connectivity index (χ0) is 18.1. The van der Waals surface area contributed by atoms with E-state index < -0.39 is 0 Å². The van der Waals surface area contributed by atoms with E-state index in [0.29, 0.717) is 25.9 Å². The fourth-order valence-corrected chi connectivity index (χ4v) is 3.75. The van der Waals surface area contributed by atoms with Gasteiger partial charge in [-0.1, -0.05) is 60.7 Å². The third-order valence-electron chi connectivity index (χ3n) is 5.14. The number of likely N-dealkylation sites (tertiary alicyclic amines) is 2. The number of amides is 3. The molecular formula is C21H20N2O3. The Labute approximate surface area is 152 Å². The minimum absolute atomic E-state index is 0.0118. The van der Waals surface area contributed by atoms with Gasteiger partial charge in [0, 0.05) is 25.9 Å². The molecule has 2 heterocycles. The highest BCUT2D eigenvalue weighted by molar-refractivity contribution is 6.02. The van der Waals surface area contributed by atoms with Crippen molar-refractivity contribution in [2.45, 2.75) is 24.8 Å². The first-order chi connectivity index (χ1) is 12.6. The summed E-state index contributed by atoms with van der Waals surface area (Å²) >= 11 is 0. The number of carbonyl (C=O) groups excluding carboxylic acids is 3. The number of benzene rings is 2. The van der Waals surface area contributed by atoms with Crippen LogP contribution in [0.3, 0.4) is 0 Å². The molecule has 4 rings (SSSR count). The molecule has 5 nitrogen and oxygen atoms in total. The number of rotatable bonds is 4. The highest BCUT2D eigenvalue weighted by Gasteiger charge is 2.44. The van der Waals surface area contributed by atoms with Gasteiger partial charge in [-0.2, -0.15) is 0 Å². The lowest BCUT2D eigenvalue weighted by Crippen LogP contribution is -2.63. The van der Waals surface area contributed by atoms with Gasteiger partial charge in [-0.15, -0.1) is 0 Å². The predicted octanol–water partition coefficient (Wildman–Crippen LogP) is 2.18. The van der Waals surface area contributed by atoms with Gasteiger partial charge in [-0.05, 0) is 11.1 Å². The molecule has 5 heteroatoms. The molecule has 0 N–H and O–H groups in total. The molecule has 0 aromatic heterocycles. The van der Waals surface area contributed by atoms with Gasteiger partial charge in [-0.3, -0.25) is 19.3 Å². The van der Waals surface area contributed by atoms with E-state index in [1.54, 1.807) is 4.90 Å². The Hall–Kier alpha value is -2.95. The monoisotopic (exact) mass is 348 g/mol. The second kappa shape index (κ2) is 6.75. The molecule has 26 heavy (non-hydrogen) atoms. The maximum atomic E-state index is 13.2. The molecule has 132 valence electrons. The quantitative estimate of drug-likeness (QED) is 0.796. The number of imide groups is 1. The summed E-state index contributed by atoms with van der Waals surface area (Å²) in [4.78, 5) is 40.0. The van der Waals surface area contributed by atoms with Crippen molar-refractivity contribution < 1.29 is 14.4 Å². The third kappa shape index (κ3) is 2.90. The Bertz CT molecular complexity index is 773. The van der Waals surface area contributed by atoms with Gasteiger partial charge in [0.2, 0.25) is 17.7 Å². The van der Waals surface area contributed by atoms with Crippen molar-refractivity contribution in [1.82, 2.24) is 9.80 Å². The van der Waals surface area contributed by atoms with E-state index in [9.17, 15) is 14.4 Å². The molecule has 3 amide bonds. The first-order valence-corrected chi connectivity index (χ1v) is 8.88. The molecule has 2 aromatic carbocycles. The van der Waals surface area contributed by atoms with Gasteiger partial charge in [0.1, 0.15) is 0 Å². The van der Waals surface area contributed by atoms with Crippen molar-refractivity contribution in [3.05, 3.63) is 71.8 Å². The van der Waals surface area contributed by atoms with E-state index in [1.165, 1.54) is 4.90 Å². The van der Waals surface area contributed by atoms with Crippen LogP contribution in [0.2, 0.25) is 0 Å². The highest BCUT2D eigenvalue weighted by atomic mass is 16.2. The summed E-state index contributed by atoms with van der Waals surface area (Å²) < 4.78 is 0. The summed E-state index contributed by atoms with van der Waals surface area (Å²) in [7, 11) is 0. The van der Waals surface area contributed by atoms with Crippen molar-refractivity contribution >= 4 is 17.7 Å². The summed E-state index contributed by atoms with van der Waals surface area (Å²) in [6.45, 7) is 0.846. The maximum absolute atomic E-state index is 13.2. The first kappa shape index (κ1) is 16.5. The predicted molar refractivity (Wildman–Crippen MR) is 96.2 cm³/mol. The topological polar surface area (TPSA) is 57.7 Å². The zero-order valence-corrected chi connectivity index (χ0v) is 14.4. The normalized spacial score (nSPS) is 17.7. The minimum atomic E-state index is -0.372. The van der Waals surface area contributed by atoms with Crippen molar-refractivity contribution in [2.24, 2.45) is 0 Å². The molecule has 0 unspecified atom stereocenters. The molecule has 2 saturated heterocycles. The summed E-state index contributed by atoms with van der Waals surface area (Å²) in [5, 5.41) is 0. The molecule has 0 bridgehead atoms. The van der Waals surface area contributed by atoms with Crippen molar-refractivity contribution in [3.63, 3.8) is 0 Å². The second-order valence-electron chi connectivity index (χ2n) is 6.81. The minimum Gasteiger partial charge on any atom is -0.338 e. The van der Waals surface area contributed by atoms with Gasteiger partial charge < -0.3 is 4.90 Å². The fraction of sp³-hybridized carbons (Fsp3) is 0.286. The Morgan fingerprint density at radius 3 is 1.73 bits per heavy atom. The Balaban J connectivity index is 1.53. The SMILES string of the molecule is O=C(C(c1ccccc1)c1ccccc1)N1CC(N2C(=O)CCC2=O)C1. The number of carbonyl (C=O) groups is 3. The van der Waals surface area contributed by atoms with Gasteiger partial charge in [0.25, 0.3) is 0 Å². The Morgan fingerprint density at radius 1 is 0.808 bits per heavy atom. The van der Waals surface area contributed by atoms with Crippen LogP contribution in [0.15, 0.2) is 60.7 Å². The summed E-state index contributed by atoms with van der Waals surface area (Å²) in [5.41, 5.74) is 1.89. The molecule has 0 saturated carbocycles. The van der Waals surface area contributed by atoms with Crippen LogP contribution in [-0.4, -0.2) is 46.7 Å². The van der Waals surface area contributed by atoms with Crippen LogP contribution >= 0.6 is 0 Å². The van der Waals surface area contributed by atoms with E-state index in [2.05, 4.69) is 0 Å². The Morgan fingerprint density at radius 2 is 1.27 bits per heavy atom. The number of hydrogen-bond donors (Lipinski definition) is 0. The van der Waals surface area contributed by atoms with E-state index in [4.69, 9.17) is 0 Å². The number of hydrogen-bond acceptors (Lipinski definition) is 3. The molecule has 0 spiro atoms. The van der Waals surface area contributed by atoms with Crippen molar-refractivity contribution in [1.29, 1.82) is 0 Å². The third-order valence-corrected chi connectivity index (χ3v) is 5.14. The first-order valence-electron chi connectivity index (χ1n) is 8.88. The van der Waals surface area contributed by atoms with E-state index in [0.717, 1.165) is 11.1 Å². The van der Waals surface area contributed by atoms with Crippen LogP contribution in [0.1, 0.15) is 29.9 Å². The standard InChI is InChI=1S/C21H20N2O3/c24-18-11-12-19(25)23(18)17-13-22(14-17)21(26)20(15-7-3-1-4-8-15)16-9-5-2-6-10-16/h1-10,17,20H,11-14H2. The van der Waals surface area contributed by atoms with Crippen LogP contribution in [0, 0.1) is 0 Å². The second-order valence-corrected chi connectivity index (χ2v) is 6.81. The van der Waals surface area contributed by atoms with Crippen molar-refractivity contribution in [3.8, 4) is 0 Å². The lowest BCUT2D eigenvalue weighted by Gasteiger charge is -2.44. The van der Waals surface area contributed by atoms with Crippen molar-refractivity contribution in [2.75, 3.05) is 13.1 Å². The largest absolute Gasteiger partial charge is 0.338 e. The zero-order valence-electron chi connectivity index (χ0n) is 14.4. The molecular weight excluding hydrogens is 328 g/mol. The highest BCUT2D eigenvalue weighted by Crippen LogP contribution is 2.30. The van der Waals surface area contributed by atoms with Crippen LogP contribution in [0.4, 0.5) is 0 Å². The van der Waals surface area contributed by atoms with Gasteiger partial charge in [-0.25, -0.2) is 0 Å². The summed E-state index contributed by atoms with van der Waals surface area (Å²) in [5.74, 6) is -0.592. The van der Waals surface area contributed by atoms with E-state index in [-0.39, 0.29) is 29.7 Å². The van der Waals surface area contributed by atoms with E-state index >= 15 is 0 Å². The van der Waals surface area contributed by atoms with Crippen LogP contribution in [-0.2, 0) is 14.4 Å². The lowest BCUT2D eigenvalue weighted by atomic mass is 9.88. The molecule has 0 radical (unpaired) electrons. The summed E-state index contributed by atoms with van der Waals surface area (Å²) in [6, 6.07) is 19.2. The maximum Gasteiger partial charge on any atom is 0.234 e. The molecule has 0 atom stereocenters. The molecule has 0 aliphatic carbocycles. The Kier molecular flexibility index (Phi) is 4.29. The summed E-state index contributed by atoms with van der Waals surface area (Å²) in [6.07, 6.45) is 0.583.